The van der Waals surface area contributed by atoms with Gasteiger partial charge in [0.05, 0.1) is 0 Å². The van der Waals surface area contributed by atoms with Crippen LogP contribution in [0.3, 0.4) is 0 Å². The Hall–Kier alpha value is -0.220. The Morgan fingerprint density at radius 3 is 2.62 bits per heavy atom. The molecule has 3 nitrogen and oxygen atoms in total. The Morgan fingerprint density at radius 1 is 1.54 bits per heavy atom. The average Bonchev–Trinajstić information content (AvgIpc) is 2.04. The summed E-state index contributed by atoms with van der Waals surface area (Å²) < 4.78 is 0. The topological polar surface area (TPSA) is 40.5 Å². The fraction of sp³-hybridized carbons (Fsp3) is 0.889. The summed E-state index contributed by atoms with van der Waals surface area (Å²) in [6.07, 6.45) is 1.40. The van der Waals surface area contributed by atoms with E-state index in [1.807, 2.05) is 0 Å². The van der Waals surface area contributed by atoms with E-state index in [1.165, 1.54) is 0 Å². The Kier molecular flexibility index (Phi) is 7.09. The summed E-state index contributed by atoms with van der Waals surface area (Å²) >= 11 is 1.74. The van der Waals surface area contributed by atoms with Crippen LogP contribution in [0.4, 0.5) is 0 Å². The highest BCUT2D eigenvalue weighted by molar-refractivity contribution is 7.99. The summed E-state index contributed by atoms with van der Waals surface area (Å²) in [5.74, 6) is 1.02. The first kappa shape index (κ1) is 12.8. The van der Waals surface area contributed by atoms with Gasteiger partial charge in [-0.3, -0.25) is 4.79 Å². The molecule has 13 heavy (non-hydrogen) atoms. The number of hydrogen-bond acceptors (Lipinski definition) is 3. The van der Waals surface area contributed by atoms with Crippen LogP contribution < -0.4 is 0 Å². The lowest BCUT2D eigenvalue weighted by Crippen LogP contribution is -2.22. The van der Waals surface area contributed by atoms with Crippen LogP contribution in [0, 0.1) is 0 Å². The van der Waals surface area contributed by atoms with Gasteiger partial charge in [-0.05, 0) is 6.42 Å². The van der Waals surface area contributed by atoms with Crippen molar-refractivity contribution in [2.75, 3.05) is 26.5 Å². The molecule has 0 radical (unpaired) electrons. The van der Waals surface area contributed by atoms with Gasteiger partial charge in [0.15, 0.2) is 0 Å². The number of nitrogens with zero attached hydrogens (tertiary/aromatic N) is 1. The monoisotopic (exact) mass is 205 g/mol. The van der Waals surface area contributed by atoms with Crippen molar-refractivity contribution in [2.24, 2.45) is 0 Å². The number of rotatable bonds is 6. The minimum atomic E-state index is 0.170. The lowest BCUT2D eigenvalue weighted by atomic mass is 10.3. The molecule has 1 unspecified atom stereocenters. The lowest BCUT2D eigenvalue weighted by molar-refractivity contribution is -0.128. The molecule has 0 heterocycles. The second-order valence-corrected chi connectivity index (χ2v) is 4.78. The van der Waals surface area contributed by atoms with Gasteiger partial charge in [-0.1, -0.05) is 6.92 Å². The molecule has 0 bridgehead atoms. The number of aliphatic hydroxyl groups excluding tert-OH is 1. The summed E-state index contributed by atoms with van der Waals surface area (Å²) in [6.45, 7) is 2.30. The van der Waals surface area contributed by atoms with Crippen LogP contribution in [0.5, 0.6) is 0 Å². The fourth-order valence-corrected chi connectivity index (χ4v) is 1.80. The van der Waals surface area contributed by atoms with Crippen LogP contribution in [0.2, 0.25) is 0 Å². The van der Waals surface area contributed by atoms with E-state index >= 15 is 0 Å². The van der Waals surface area contributed by atoms with Crippen molar-refractivity contribution in [3.05, 3.63) is 0 Å². The van der Waals surface area contributed by atoms with Gasteiger partial charge in [-0.2, -0.15) is 11.8 Å². The average molecular weight is 205 g/mol. The molecule has 0 aliphatic heterocycles. The van der Waals surface area contributed by atoms with Crippen molar-refractivity contribution in [3.63, 3.8) is 0 Å². The Labute approximate surface area is 84.5 Å². The molecule has 0 spiro atoms. The Morgan fingerprint density at radius 2 is 2.15 bits per heavy atom. The maximum atomic E-state index is 11.1. The highest BCUT2D eigenvalue weighted by Crippen LogP contribution is 2.14. The summed E-state index contributed by atoms with van der Waals surface area (Å²) in [6, 6.07) is 0. The highest BCUT2D eigenvalue weighted by atomic mass is 32.2. The maximum Gasteiger partial charge on any atom is 0.222 e. The number of thioether (sulfide) groups is 1. The molecule has 0 saturated heterocycles. The van der Waals surface area contributed by atoms with Crippen LogP contribution in [0.15, 0.2) is 0 Å². The molecule has 0 saturated carbocycles. The van der Waals surface area contributed by atoms with Gasteiger partial charge in [-0.15, -0.1) is 0 Å². The van der Waals surface area contributed by atoms with Crippen molar-refractivity contribution in [3.8, 4) is 0 Å². The van der Waals surface area contributed by atoms with E-state index in [2.05, 4.69) is 6.92 Å². The molecule has 0 rings (SSSR count). The van der Waals surface area contributed by atoms with E-state index in [9.17, 15) is 4.79 Å². The van der Waals surface area contributed by atoms with E-state index in [0.29, 0.717) is 11.7 Å². The Bertz CT molecular complexity index is 151. The van der Waals surface area contributed by atoms with Crippen molar-refractivity contribution >= 4 is 17.7 Å². The number of carbonyl (C=O) groups excluding carboxylic acids is 1. The number of carbonyl (C=O) groups is 1. The van der Waals surface area contributed by atoms with Crippen LogP contribution in [-0.2, 0) is 4.79 Å². The van der Waals surface area contributed by atoms with Crippen molar-refractivity contribution in [1.82, 2.24) is 4.90 Å². The zero-order valence-corrected chi connectivity index (χ0v) is 9.43. The van der Waals surface area contributed by atoms with Crippen molar-refractivity contribution in [2.45, 2.75) is 25.0 Å². The van der Waals surface area contributed by atoms with E-state index in [1.54, 1.807) is 30.8 Å². The van der Waals surface area contributed by atoms with Crippen molar-refractivity contribution < 1.29 is 9.90 Å². The van der Waals surface area contributed by atoms with Gasteiger partial charge in [0.25, 0.3) is 0 Å². The van der Waals surface area contributed by atoms with Crippen LogP contribution in [-0.4, -0.2) is 47.6 Å². The van der Waals surface area contributed by atoms with Gasteiger partial charge in [0.2, 0.25) is 5.91 Å². The highest BCUT2D eigenvalue weighted by Gasteiger charge is 2.06. The fourth-order valence-electron chi connectivity index (χ4n) is 0.836. The normalized spacial score (nSPS) is 12.6. The molecule has 0 fully saturated rings. The molecule has 78 valence electrons. The number of aliphatic hydroxyl groups is 1. The zero-order chi connectivity index (χ0) is 10.3. The minimum absolute atomic E-state index is 0.170. The van der Waals surface area contributed by atoms with Gasteiger partial charge in [0, 0.05) is 38.1 Å². The number of amides is 1. The first-order chi connectivity index (χ1) is 6.07. The second-order valence-electron chi connectivity index (χ2n) is 3.23. The standard InChI is InChI=1S/C9H19NO2S/c1-8(4-6-11)13-7-5-9(12)10(2)3/h8,11H,4-7H2,1-3H3. The molecule has 1 N–H and O–H groups in total. The minimum Gasteiger partial charge on any atom is -0.396 e. The van der Waals surface area contributed by atoms with Gasteiger partial charge in [-0.25, -0.2) is 0 Å². The second kappa shape index (κ2) is 7.21. The summed E-state index contributed by atoms with van der Waals surface area (Å²) in [4.78, 5) is 12.8. The van der Waals surface area contributed by atoms with Crippen molar-refractivity contribution in [1.29, 1.82) is 0 Å². The van der Waals surface area contributed by atoms with E-state index in [0.717, 1.165) is 12.2 Å². The molecule has 0 aliphatic rings. The molecule has 0 aliphatic carbocycles. The predicted molar refractivity (Wildman–Crippen MR) is 56.9 cm³/mol. The lowest BCUT2D eigenvalue weighted by Gasteiger charge is -2.11. The number of hydrogen-bond donors (Lipinski definition) is 1. The maximum absolute atomic E-state index is 11.1. The first-order valence-corrected chi connectivity index (χ1v) is 5.55. The smallest absolute Gasteiger partial charge is 0.222 e. The molecule has 1 amide bonds. The van der Waals surface area contributed by atoms with Gasteiger partial charge < -0.3 is 10.0 Å². The third-order valence-corrected chi connectivity index (χ3v) is 3.00. The SMILES string of the molecule is CC(CCO)SCCC(=O)N(C)C. The molecule has 0 aromatic heterocycles. The first-order valence-electron chi connectivity index (χ1n) is 4.50. The molecule has 1 atom stereocenters. The van der Waals surface area contributed by atoms with E-state index in [4.69, 9.17) is 5.11 Å². The predicted octanol–water partition coefficient (Wildman–Crippen LogP) is 0.969. The zero-order valence-electron chi connectivity index (χ0n) is 8.62. The summed E-state index contributed by atoms with van der Waals surface area (Å²) in [5, 5.41) is 9.09. The summed E-state index contributed by atoms with van der Waals surface area (Å²) in [7, 11) is 3.54. The van der Waals surface area contributed by atoms with Gasteiger partial charge >= 0.3 is 0 Å². The van der Waals surface area contributed by atoms with Crippen LogP contribution in [0.25, 0.3) is 0 Å². The quantitative estimate of drug-likeness (QED) is 0.702. The van der Waals surface area contributed by atoms with E-state index in [-0.39, 0.29) is 12.5 Å². The molecule has 4 heteroatoms. The van der Waals surface area contributed by atoms with E-state index < -0.39 is 0 Å². The Balaban J connectivity index is 3.39. The molecule has 0 aromatic carbocycles. The molecular weight excluding hydrogens is 186 g/mol. The molecule has 0 aromatic rings. The van der Waals surface area contributed by atoms with Crippen LogP contribution >= 0.6 is 11.8 Å². The summed E-state index contributed by atoms with van der Waals surface area (Å²) in [5.41, 5.74) is 0. The largest absolute Gasteiger partial charge is 0.396 e. The van der Waals surface area contributed by atoms with Crippen LogP contribution in [0.1, 0.15) is 19.8 Å². The third kappa shape index (κ3) is 6.90. The molecular formula is C9H19NO2S. The third-order valence-electron chi connectivity index (χ3n) is 1.75. The van der Waals surface area contributed by atoms with Gasteiger partial charge in [0.1, 0.15) is 0 Å².